The Morgan fingerprint density at radius 2 is 2.26 bits per heavy atom. The predicted octanol–water partition coefficient (Wildman–Crippen LogP) is 1.24. The second kappa shape index (κ2) is 5.36. The number of anilines is 1. The van der Waals surface area contributed by atoms with Crippen molar-refractivity contribution in [2.24, 2.45) is 0 Å². The molecule has 0 saturated carbocycles. The fraction of sp³-hybridized carbons (Fsp3) is 0.462. The molecule has 0 amide bonds. The van der Waals surface area contributed by atoms with Gasteiger partial charge in [0, 0.05) is 31.4 Å². The van der Waals surface area contributed by atoms with Gasteiger partial charge in [-0.25, -0.2) is 4.98 Å². The van der Waals surface area contributed by atoms with E-state index in [4.69, 9.17) is 4.52 Å². The van der Waals surface area contributed by atoms with E-state index in [-0.39, 0.29) is 0 Å². The van der Waals surface area contributed by atoms with Gasteiger partial charge in [0.15, 0.2) is 5.82 Å². The van der Waals surface area contributed by atoms with Gasteiger partial charge in [0.25, 0.3) is 5.89 Å². The van der Waals surface area contributed by atoms with Crippen molar-refractivity contribution < 1.29 is 4.52 Å². The van der Waals surface area contributed by atoms with E-state index < -0.39 is 0 Å². The van der Waals surface area contributed by atoms with Crippen LogP contribution in [-0.4, -0.2) is 41.3 Å². The SMILES string of the molecule is Cc1noc(-c2ccnc(N3CCCNCC3)c2)n1. The fourth-order valence-corrected chi connectivity index (χ4v) is 2.21. The zero-order chi connectivity index (χ0) is 13.1. The molecule has 2 aromatic rings. The lowest BCUT2D eigenvalue weighted by atomic mass is 10.2. The number of aromatic nitrogens is 3. The minimum absolute atomic E-state index is 0.550. The van der Waals surface area contributed by atoms with Gasteiger partial charge in [-0.05, 0) is 32.0 Å². The molecule has 0 unspecified atom stereocenters. The lowest BCUT2D eigenvalue weighted by Crippen LogP contribution is -2.28. The lowest BCUT2D eigenvalue weighted by molar-refractivity contribution is 0.425. The average molecular weight is 259 g/mol. The van der Waals surface area contributed by atoms with Crippen molar-refractivity contribution in [1.82, 2.24) is 20.4 Å². The van der Waals surface area contributed by atoms with Gasteiger partial charge in [0.2, 0.25) is 0 Å². The average Bonchev–Trinajstić information content (AvgIpc) is 2.71. The van der Waals surface area contributed by atoms with Crippen LogP contribution in [0, 0.1) is 6.92 Å². The molecule has 0 aliphatic carbocycles. The molecule has 2 aromatic heterocycles. The van der Waals surface area contributed by atoms with Crippen LogP contribution in [0.3, 0.4) is 0 Å². The summed E-state index contributed by atoms with van der Waals surface area (Å²) in [6, 6.07) is 3.91. The third kappa shape index (κ3) is 2.73. The summed E-state index contributed by atoms with van der Waals surface area (Å²) in [5.41, 5.74) is 0.919. The molecular formula is C13H17N5O. The van der Waals surface area contributed by atoms with Crippen LogP contribution in [0.2, 0.25) is 0 Å². The van der Waals surface area contributed by atoms with Crippen molar-refractivity contribution in [2.75, 3.05) is 31.1 Å². The van der Waals surface area contributed by atoms with E-state index in [9.17, 15) is 0 Å². The molecule has 1 aliphatic rings. The van der Waals surface area contributed by atoms with Crippen molar-refractivity contribution in [1.29, 1.82) is 0 Å². The van der Waals surface area contributed by atoms with E-state index >= 15 is 0 Å². The normalized spacial score (nSPS) is 16.4. The molecule has 0 bridgehead atoms. The molecule has 100 valence electrons. The Bertz CT molecular complexity index is 545. The van der Waals surface area contributed by atoms with Crippen LogP contribution in [-0.2, 0) is 0 Å². The first-order valence-corrected chi connectivity index (χ1v) is 6.55. The van der Waals surface area contributed by atoms with Gasteiger partial charge in [0.1, 0.15) is 5.82 Å². The maximum Gasteiger partial charge on any atom is 0.258 e. The topological polar surface area (TPSA) is 67.1 Å². The van der Waals surface area contributed by atoms with E-state index in [0.717, 1.165) is 44.0 Å². The van der Waals surface area contributed by atoms with Crippen LogP contribution in [0.15, 0.2) is 22.9 Å². The summed E-state index contributed by atoms with van der Waals surface area (Å²) in [5, 5.41) is 7.21. The van der Waals surface area contributed by atoms with Crippen LogP contribution >= 0.6 is 0 Å². The molecule has 1 aliphatic heterocycles. The van der Waals surface area contributed by atoms with Crippen molar-refractivity contribution in [3.63, 3.8) is 0 Å². The highest BCUT2D eigenvalue weighted by Crippen LogP contribution is 2.21. The molecular weight excluding hydrogens is 242 g/mol. The Morgan fingerprint density at radius 1 is 1.32 bits per heavy atom. The molecule has 1 saturated heterocycles. The van der Waals surface area contributed by atoms with E-state index in [2.05, 4.69) is 25.3 Å². The predicted molar refractivity (Wildman–Crippen MR) is 72.0 cm³/mol. The monoisotopic (exact) mass is 259 g/mol. The maximum absolute atomic E-state index is 5.20. The highest BCUT2D eigenvalue weighted by molar-refractivity contribution is 5.58. The van der Waals surface area contributed by atoms with E-state index in [1.807, 2.05) is 19.1 Å². The molecule has 3 rings (SSSR count). The smallest absolute Gasteiger partial charge is 0.258 e. The second-order valence-corrected chi connectivity index (χ2v) is 4.64. The third-order valence-corrected chi connectivity index (χ3v) is 3.18. The third-order valence-electron chi connectivity index (χ3n) is 3.18. The number of nitrogens with zero attached hydrogens (tertiary/aromatic N) is 4. The van der Waals surface area contributed by atoms with E-state index in [1.54, 1.807) is 6.20 Å². The van der Waals surface area contributed by atoms with Gasteiger partial charge in [-0.3, -0.25) is 0 Å². The van der Waals surface area contributed by atoms with Gasteiger partial charge >= 0.3 is 0 Å². The first kappa shape index (κ1) is 12.1. The zero-order valence-corrected chi connectivity index (χ0v) is 11.0. The Labute approximate surface area is 111 Å². The van der Waals surface area contributed by atoms with Crippen LogP contribution < -0.4 is 10.2 Å². The molecule has 6 nitrogen and oxygen atoms in total. The number of rotatable bonds is 2. The summed E-state index contributed by atoms with van der Waals surface area (Å²) in [6.07, 6.45) is 2.92. The molecule has 6 heteroatoms. The minimum Gasteiger partial charge on any atom is -0.355 e. The molecule has 3 heterocycles. The second-order valence-electron chi connectivity index (χ2n) is 4.64. The first-order chi connectivity index (χ1) is 9.33. The Hall–Kier alpha value is -1.95. The fourth-order valence-electron chi connectivity index (χ4n) is 2.21. The summed E-state index contributed by atoms with van der Waals surface area (Å²) < 4.78 is 5.20. The van der Waals surface area contributed by atoms with Gasteiger partial charge in [-0.15, -0.1) is 0 Å². The van der Waals surface area contributed by atoms with Crippen LogP contribution in [0.1, 0.15) is 12.2 Å². The van der Waals surface area contributed by atoms with Gasteiger partial charge in [0.05, 0.1) is 0 Å². The van der Waals surface area contributed by atoms with Crippen molar-refractivity contribution in [3.8, 4) is 11.5 Å². The molecule has 1 fully saturated rings. The highest BCUT2D eigenvalue weighted by Gasteiger charge is 2.13. The number of nitrogens with one attached hydrogen (secondary N) is 1. The molecule has 1 N–H and O–H groups in total. The first-order valence-electron chi connectivity index (χ1n) is 6.55. The summed E-state index contributed by atoms with van der Waals surface area (Å²) in [5.74, 6) is 2.17. The summed E-state index contributed by atoms with van der Waals surface area (Å²) in [7, 11) is 0. The van der Waals surface area contributed by atoms with Crippen LogP contribution in [0.25, 0.3) is 11.5 Å². The van der Waals surface area contributed by atoms with Gasteiger partial charge in [-0.1, -0.05) is 5.16 Å². The van der Waals surface area contributed by atoms with Crippen molar-refractivity contribution in [2.45, 2.75) is 13.3 Å². The summed E-state index contributed by atoms with van der Waals surface area (Å²) in [6.45, 7) is 5.87. The van der Waals surface area contributed by atoms with Gasteiger partial charge in [-0.2, -0.15) is 4.98 Å². The zero-order valence-electron chi connectivity index (χ0n) is 11.0. The number of pyridine rings is 1. The Kier molecular flexibility index (Phi) is 3.41. The largest absolute Gasteiger partial charge is 0.355 e. The molecule has 0 aromatic carbocycles. The summed E-state index contributed by atoms with van der Waals surface area (Å²) >= 11 is 0. The molecule has 19 heavy (non-hydrogen) atoms. The Morgan fingerprint density at radius 3 is 3.11 bits per heavy atom. The van der Waals surface area contributed by atoms with Crippen LogP contribution in [0.5, 0.6) is 0 Å². The van der Waals surface area contributed by atoms with Crippen molar-refractivity contribution >= 4 is 5.82 Å². The number of aryl methyl sites for hydroxylation is 1. The lowest BCUT2D eigenvalue weighted by Gasteiger charge is -2.21. The standard InChI is InChI=1S/C13H17N5O/c1-10-16-13(19-17-10)11-3-5-15-12(9-11)18-7-2-4-14-6-8-18/h3,5,9,14H,2,4,6-8H2,1H3. The number of hydrogen-bond acceptors (Lipinski definition) is 6. The summed E-state index contributed by atoms with van der Waals surface area (Å²) in [4.78, 5) is 11.0. The molecule has 0 spiro atoms. The highest BCUT2D eigenvalue weighted by atomic mass is 16.5. The van der Waals surface area contributed by atoms with Crippen molar-refractivity contribution in [3.05, 3.63) is 24.2 Å². The molecule has 0 radical (unpaired) electrons. The van der Waals surface area contributed by atoms with E-state index in [1.165, 1.54) is 0 Å². The van der Waals surface area contributed by atoms with Gasteiger partial charge < -0.3 is 14.7 Å². The Balaban J connectivity index is 1.86. The van der Waals surface area contributed by atoms with Crippen LogP contribution in [0.4, 0.5) is 5.82 Å². The quantitative estimate of drug-likeness (QED) is 0.875. The minimum atomic E-state index is 0.550. The molecule has 0 atom stereocenters. The maximum atomic E-state index is 5.20. The van der Waals surface area contributed by atoms with E-state index in [0.29, 0.717) is 11.7 Å². The number of hydrogen-bond donors (Lipinski definition) is 1.